The quantitative estimate of drug-likeness (QED) is 0.714. The first-order chi connectivity index (χ1) is 9.52. The van der Waals surface area contributed by atoms with Crippen molar-refractivity contribution in [3.05, 3.63) is 11.7 Å². The molecule has 0 saturated heterocycles. The van der Waals surface area contributed by atoms with Crippen LogP contribution in [0.3, 0.4) is 0 Å². The first-order valence-corrected chi connectivity index (χ1v) is 7.29. The predicted molar refractivity (Wildman–Crippen MR) is 77.0 cm³/mol. The molecule has 114 valence electrons. The Hall–Kier alpha value is -1.43. The molecule has 1 aromatic heterocycles. The molecule has 0 fully saturated rings. The molecule has 0 radical (unpaired) electrons. The van der Waals surface area contributed by atoms with Crippen LogP contribution in [-0.2, 0) is 11.2 Å². The molecule has 0 spiro atoms. The topological polar surface area (TPSA) is 94.0 Å². The van der Waals surface area contributed by atoms with E-state index in [1.54, 1.807) is 6.92 Å². The van der Waals surface area contributed by atoms with Crippen molar-refractivity contribution in [2.45, 2.75) is 46.5 Å². The van der Waals surface area contributed by atoms with Crippen LogP contribution < -0.4 is 11.1 Å². The minimum Gasteiger partial charge on any atom is -0.356 e. The summed E-state index contributed by atoms with van der Waals surface area (Å²) in [6.45, 7) is 7.34. The number of carbonyl (C=O) groups excluding carboxylic acids is 1. The number of hydrogen-bond donors (Lipinski definition) is 2. The Kier molecular flexibility index (Phi) is 7.22. The van der Waals surface area contributed by atoms with E-state index >= 15 is 0 Å². The van der Waals surface area contributed by atoms with Crippen molar-refractivity contribution in [1.82, 2.24) is 15.5 Å². The number of nitrogens with two attached hydrogens (primary N) is 1. The average Bonchev–Trinajstić information content (AvgIpc) is 2.80. The van der Waals surface area contributed by atoms with Crippen molar-refractivity contribution in [1.29, 1.82) is 0 Å². The summed E-state index contributed by atoms with van der Waals surface area (Å²) in [5, 5.41) is 6.58. The van der Waals surface area contributed by atoms with Gasteiger partial charge in [-0.3, -0.25) is 4.79 Å². The molecule has 0 aliphatic carbocycles. The van der Waals surface area contributed by atoms with Crippen molar-refractivity contribution >= 4 is 5.91 Å². The Balaban J connectivity index is 2.19. The van der Waals surface area contributed by atoms with E-state index in [9.17, 15) is 4.79 Å². The summed E-state index contributed by atoms with van der Waals surface area (Å²) in [6, 6.07) is 0. The molecule has 0 bridgehead atoms. The molecule has 0 aliphatic heterocycles. The summed E-state index contributed by atoms with van der Waals surface area (Å²) in [5.74, 6) is 2.33. The van der Waals surface area contributed by atoms with Crippen molar-refractivity contribution < 1.29 is 9.32 Å². The normalized spacial score (nSPS) is 12.7. The molecule has 1 atom stereocenters. The molecular formula is C14H26N4O2. The van der Waals surface area contributed by atoms with Gasteiger partial charge in [0, 0.05) is 19.4 Å². The van der Waals surface area contributed by atoms with Crippen LogP contribution in [0.25, 0.3) is 0 Å². The highest BCUT2D eigenvalue weighted by atomic mass is 16.5. The van der Waals surface area contributed by atoms with E-state index in [4.69, 9.17) is 10.3 Å². The highest BCUT2D eigenvalue weighted by Gasteiger charge is 2.14. The van der Waals surface area contributed by atoms with Crippen LogP contribution in [0, 0.1) is 18.8 Å². The number of amides is 1. The van der Waals surface area contributed by atoms with Crippen LogP contribution in [0.5, 0.6) is 0 Å². The Morgan fingerprint density at radius 2 is 2.15 bits per heavy atom. The second-order valence-electron chi connectivity index (χ2n) is 5.46. The van der Waals surface area contributed by atoms with Crippen LogP contribution in [0.4, 0.5) is 0 Å². The van der Waals surface area contributed by atoms with Crippen molar-refractivity contribution in [3.63, 3.8) is 0 Å². The minimum atomic E-state index is 0.0731. The van der Waals surface area contributed by atoms with Gasteiger partial charge in [-0.2, -0.15) is 4.98 Å². The molecule has 20 heavy (non-hydrogen) atoms. The van der Waals surface area contributed by atoms with E-state index in [1.807, 2.05) is 0 Å². The fraction of sp³-hybridized carbons (Fsp3) is 0.786. The SMILES string of the molecule is Cc1noc(CCNC(=O)CCC(CCN)C(C)C)n1. The third-order valence-electron chi connectivity index (χ3n) is 3.45. The smallest absolute Gasteiger partial charge is 0.228 e. The van der Waals surface area contributed by atoms with Crippen LogP contribution in [0.2, 0.25) is 0 Å². The molecule has 1 heterocycles. The zero-order chi connectivity index (χ0) is 15.0. The maximum Gasteiger partial charge on any atom is 0.228 e. The summed E-state index contributed by atoms with van der Waals surface area (Å²) in [5.41, 5.74) is 5.60. The summed E-state index contributed by atoms with van der Waals surface area (Å²) in [4.78, 5) is 15.8. The van der Waals surface area contributed by atoms with Gasteiger partial charge in [0.2, 0.25) is 11.8 Å². The van der Waals surface area contributed by atoms with Crippen LogP contribution in [-0.4, -0.2) is 29.1 Å². The van der Waals surface area contributed by atoms with Crippen molar-refractivity contribution in [2.75, 3.05) is 13.1 Å². The molecule has 1 aromatic rings. The maximum absolute atomic E-state index is 11.8. The van der Waals surface area contributed by atoms with Gasteiger partial charge in [0.15, 0.2) is 5.82 Å². The number of carbonyl (C=O) groups is 1. The lowest BCUT2D eigenvalue weighted by Crippen LogP contribution is -2.27. The molecule has 0 aromatic carbocycles. The van der Waals surface area contributed by atoms with Gasteiger partial charge in [-0.25, -0.2) is 0 Å². The van der Waals surface area contributed by atoms with E-state index in [0.29, 0.717) is 49.5 Å². The lowest BCUT2D eigenvalue weighted by molar-refractivity contribution is -0.121. The maximum atomic E-state index is 11.8. The van der Waals surface area contributed by atoms with Crippen molar-refractivity contribution in [3.8, 4) is 0 Å². The molecule has 0 saturated carbocycles. The highest BCUT2D eigenvalue weighted by Crippen LogP contribution is 2.20. The van der Waals surface area contributed by atoms with Crippen LogP contribution in [0.1, 0.15) is 44.8 Å². The van der Waals surface area contributed by atoms with Gasteiger partial charge in [-0.05, 0) is 38.1 Å². The third-order valence-corrected chi connectivity index (χ3v) is 3.45. The zero-order valence-corrected chi connectivity index (χ0v) is 12.7. The molecule has 6 nitrogen and oxygen atoms in total. The van der Waals surface area contributed by atoms with Gasteiger partial charge in [0.25, 0.3) is 0 Å². The number of nitrogens with zero attached hydrogens (tertiary/aromatic N) is 2. The second-order valence-corrected chi connectivity index (χ2v) is 5.46. The van der Waals surface area contributed by atoms with Gasteiger partial charge >= 0.3 is 0 Å². The summed E-state index contributed by atoms with van der Waals surface area (Å²) >= 11 is 0. The van der Waals surface area contributed by atoms with Gasteiger partial charge < -0.3 is 15.6 Å². The van der Waals surface area contributed by atoms with Gasteiger partial charge in [-0.15, -0.1) is 0 Å². The largest absolute Gasteiger partial charge is 0.356 e. The summed E-state index contributed by atoms with van der Waals surface area (Å²) in [6.07, 6.45) is 2.99. The van der Waals surface area contributed by atoms with Crippen LogP contribution >= 0.6 is 0 Å². The van der Waals surface area contributed by atoms with E-state index in [1.165, 1.54) is 0 Å². The minimum absolute atomic E-state index is 0.0731. The molecule has 1 rings (SSSR count). The Morgan fingerprint density at radius 1 is 1.40 bits per heavy atom. The number of nitrogens with one attached hydrogen (secondary N) is 1. The Morgan fingerprint density at radius 3 is 2.70 bits per heavy atom. The van der Waals surface area contributed by atoms with E-state index in [-0.39, 0.29) is 5.91 Å². The fourth-order valence-corrected chi connectivity index (χ4v) is 2.18. The van der Waals surface area contributed by atoms with E-state index in [0.717, 1.165) is 12.8 Å². The predicted octanol–water partition coefficient (Wildman–Crippen LogP) is 1.44. The highest BCUT2D eigenvalue weighted by molar-refractivity contribution is 5.75. The van der Waals surface area contributed by atoms with E-state index < -0.39 is 0 Å². The lowest BCUT2D eigenvalue weighted by atomic mass is 9.88. The number of hydrogen-bond acceptors (Lipinski definition) is 5. The number of aryl methyl sites for hydroxylation is 1. The first kappa shape index (κ1) is 16.6. The Labute approximate surface area is 120 Å². The molecular weight excluding hydrogens is 256 g/mol. The van der Waals surface area contributed by atoms with Gasteiger partial charge in [0.05, 0.1) is 0 Å². The number of rotatable bonds is 9. The summed E-state index contributed by atoms with van der Waals surface area (Å²) < 4.78 is 4.98. The standard InChI is InChI=1S/C14H26N4O2/c1-10(2)12(6-8-15)4-5-13(19)16-9-7-14-17-11(3)18-20-14/h10,12H,4-9,15H2,1-3H3,(H,16,19). The molecule has 6 heteroatoms. The number of aromatic nitrogens is 2. The van der Waals surface area contributed by atoms with Gasteiger partial charge in [0.1, 0.15) is 0 Å². The molecule has 0 aliphatic rings. The first-order valence-electron chi connectivity index (χ1n) is 7.29. The Bertz CT molecular complexity index is 404. The van der Waals surface area contributed by atoms with Crippen LogP contribution in [0.15, 0.2) is 4.52 Å². The van der Waals surface area contributed by atoms with Gasteiger partial charge in [-0.1, -0.05) is 19.0 Å². The lowest BCUT2D eigenvalue weighted by Gasteiger charge is -2.19. The molecule has 1 unspecified atom stereocenters. The second kappa shape index (κ2) is 8.68. The molecule has 3 N–H and O–H groups in total. The average molecular weight is 282 g/mol. The zero-order valence-electron chi connectivity index (χ0n) is 12.7. The van der Waals surface area contributed by atoms with E-state index in [2.05, 4.69) is 29.3 Å². The molecule has 1 amide bonds. The fourth-order valence-electron chi connectivity index (χ4n) is 2.18. The summed E-state index contributed by atoms with van der Waals surface area (Å²) in [7, 11) is 0. The third kappa shape index (κ3) is 6.14. The monoisotopic (exact) mass is 282 g/mol. The van der Waals surface area contributed by atoms with Crippen molar-refractivity contribution in [2.24, 2.45) is 17.6 Å².